The van der Waals surface area contributed by atoms with Crippen molar-refractivity contribution >= 4 is 11.0 Å². The van der Waals surface area contributed by atoms with Gasteiger partial charge in [-0.05, 0) is 31.0 Å². The standard InChI is InChI=1S/C25H30O7/c1-4-5-6-7-8-9-10-16-22(28)21-19(14-20(30-2)25(31-3)23(21)29)32-24(16)15-11-12-17(26)18(27)13-15/h11-14,26-27,29H,4-10H2,1-3H3. The average Bonchev–Trinajstić information content (AvgIpc) is 2.78. The Bertz CT molecular complexity index is 1150. The summed E-state index contributed by atoms with van der Waals surface area (Å²) in [7, 11) is 2.81. The van der Waals surface area contributed by atoms with E-state index in [1.165, 1.54) is 38.8 Å². The van der Waals surface area contributed by atoms with Crippen molar-refractivity contribution in [3.8, 4) is 40.1 Å². The highest BCUT2D eigenvalue weighted by Gasteiger charge is 2.23. The lowest BCUT2D eigenvalue weighted by atomic mass is 9.98. The Hall–Kier alpha value is -3.35. The molecule has 0 aliphatic heterocycles. The molecule has 7 heteroatoms. The van der Waals surface area contributed by atoms with Gasteiger partial charge in [-0.25, -0.2) is 0 Å². The van der Waals surface area contributed by atoms with Crippen LogP contribution in [0.5, 0.6) is 28.7 Å². The quantitative estimate of drug-likeness (QED) is 0.281. The summed E-state index contributed by atoms with van der Waals surface area (Å²) in [5, 5.41) is 30.4. The molecule has 0 unspecified atom stereocenters. The van der Waals surface area contributed by atoms with E-state index in [0.717, 1.165) is 32.1 Å². The number of phenolic OH excluding ortho intramolecular Hbond substituents is 3. The molecule has 0 fully saturated rings. The van der Waals surface area contributed by atoms with E-state index < -0.39 is 0 Å². The molecule has 0 spiro atoms. The number of aromatic hydroxyl groups is 3. The zero-order chi connectivity index (χ0) is 23.3. The molecule has 172 valence electrons. The average molecular weight is 443 g/mol. The summed E-state index contributed by atoms with van der Waals surface area (Å²) in [6.45, 7) is 2.16. The van der Waals surface area contributed by atoms with Gasteiger partial charge in [0, 0.05) is 17.2 Å². The molecule has 7 nitrogen and oxygen atoms in total. The second-order valence-corrected chi connectivity index (χ2v) is 7.79. The van der Waals surface area contributed by atoms with Gasteiger partial charge in [0.25, 0.3) is 0 Å². The second kappa shape index (κ2) is 10.3. The number of hydrogen-bond donors (Lipinski definition) is 3. The lowest BCUT2D eigenvalue weighted by Gasteiger charge is -2.15. The maximum Gasteiger partial charge on any atom is 0.204 e. The largest absolute Gasteiger partial charge is 0.504 e. The van der Waals surface area contributed by atoms with Crippen LogP contribution in [0.3, 0.4) is 0 Å². The van der Waals surface area contributed by atoms with E-state index >= 15 is 0 Å². The summed E-state index contributed by atoms with van der Waals surface area (Å²) in [5.74, 6) is -0.334. The molecule has 0 bridgehead atoms. The zero-order valence-electron chi connectivity index (χ0n) is 18.7. The highest BCUT2D eigenvalue weighted by atomic mass is 16.5. The highest BCUT2D eigenvalue weighted by molar-refractivity contribution is 5.90. The van der Waals surface area contributed by atoms with Crippen LogP contribution in [0.1, 0.15) is 51.0 Å². The van der Waals surface area contributed by atoms with Gasteiger partial charge in [-0.2, -0.15) is 0 Å². The molecular formula is C25H30O7. The number of benzene rings is 2. The molecule has 0 saturated carbocycles. The van der Waals surface area contributed by atoms with E-state index in [4.69, 9.17) is 13.9 Å². The Morgan fingerprint density at radius 1 is 0.906 bits per heavy atom. The van der Waals surface area contributed by atoms with Gasteiger partial charge in [-0.15, -0.1) is 0 Å². The predicted octanol–water partition coefficient (Wildman–Crippen LogP) is 5.50. The molecule has 2 aromatic carbocycles. The summed E-state index contributed by atoms with van der Waals surface area (Å²) in [4.78, 5) is 13.5. The fourth-order valence-electron chi connectivity index (χ4n) is 3.89. The van der Waals surface area contributed by atoms with Gasteiger partial charge in [0.1, 0.15) is 16.7 Å². The van der Waals surface area contributed by atoms with Crippen LogP contribution in [-0.4, -0.2) is 29.5 Å². The molecule has 0 amide bonds. The van der Waals surface area contributed by atoms with Crippen LogP contribution in [-0.2, 0) is 6.42 Å². The van der Waals surface area contributed by atoms with Crippen molar-refractivity contribution in [3.63, 3.8) is 0 Å². The van der Waals surface area contributed by atoms with Crippen LogP contribution in [0.4, 0.5) is 0 Å². The van der Waals surface area contributed by atoms with Crippen molar-refractivity contribution in [1.82, 2.24) is 0 Å². The minimum absolute atomic E-state index is 0.0235. The topological polar surface area (TPSA) is 109 Å². The number of phenols is 3. The summed E-state index contributed by atoms with van der Waals surface area (Å²) in [6, 6.07) is 5.76. The van der Waals surface area contributed by atoms with Crippen LogP contribution in [0.15, 0.2) is 33.5 Å². The van der Waals surface area contributed by atoms with Crippen molar-refractivity contribution < 1.29 is 29.2 Å². The van der Waals surface area contributed by atoms with E-state index in [-0.39, 0.29) is 50.9 Å². The summed E-state index contributed by atoms with van der Waals surface area (Å²) in [5.41, 5.74) is 0.635. The number of unbranched alkanes of at least 4 members (excludes halogenated alkanes) is 5. The minimum Gasteiger partial charge on any atom is -0.504 e. The van der Waals surface area contributed by atoms with Gasteiger partial charge >= 0.3 is 0 Å². The molecule has 3 rings (SSSR count). The van der Waals surface area contributed by atoms with E-state index in [1.54, 1.807) is 6.07 Å². The summed E-state index contributed by atoms with van der Waals surface area (Å²) < 4.78 is 16.6. The first-order valence-corrected chi connectivity index (χ1v) is 10.9. The molecule has 1 heterocycles. The van der Waals surface area contributed by atoms with E-state index in [0.29, 0.717) is 17.5 Å². The van der Waals surface area contributed by atoms with Crippen molar-refractivity contribution in [2.45, 2.75) is 51.9 Å². The normalized spacial score (nSPS) is 11.1. The number of rotatable bonds is 10. The Morgan fingerprint density at radius 3 is 2.28 bits per heavy atom. The summed E-state index contributed by atoms with van der Waals surface area (Å²) in [6.07, 6.45) is 6.78. The third-order valence-electron chi connectivity index (χ3n) is 5.61. The molecule has 3 N–H and O–H groups in total. The van der Waals surface area contributed by atoms with Crippen LogP contribution < -0.4 is 14.9 Å². The first kappa shape index (κ1) is 23.3. The molecule has 0 radical (unpaired) electrons. The Labute approximate surface area is 186 Å². The van der Waals surface area contributed by atoms with E-state index in [2.05, 4.69) is 6.92 Å². The Morgan fingerprint density at radius 2 is 1.62 bits per heavy atom. The van der Waals surface area contributed by atoms with Gasteiger partial charge < -0.3 is 29.2 Å². The molecule has 32 heavy (non-hydrogen) atoms. The smallest absolute Gasteiger partial charge is 0.204 e. The second-order valence-electron chi connectivity index (χ2n) is 7.79. The third-order valence-corrected chi connectivity index (χ3v) is 5.61. The lowest BCUT2D eigenvalue weighted by Crippen LogP contribution is -2.12. The van der Waals surface area contributed by atoms with Crippen LogP contribution in [0.2, 0.25) is 0 Å². The number of methoxy groups -OCH3 is 2. The Balaban J connectivity index is 2.15. The SMILES string of the molecule is CCCCCCCCc1c(-c2ccc(O)c(O)c2)oc2cc(OC)c(OC)c(O)c2c1=O. The third kappa shape index (κ3) is 4.61. The number of ether oxygens (including phenoxy) is 2. The number of fused-ring (bicyclic) bond motifs is 1. The van der Waals surface area contributed by atoms with Crippen LogP contribution >= 0.6 is 0 Å². The van der Waals surface area contributed by atoms with Crippen molar-refractivity contribution in [3.05, 3.63) is 40.1 Å². The monoisotopic (exact) mass is 442 g/mol. The van der Waals surface area contributed by atoms with Gasteiger partial charge in [0.15, 0.2) is 28.4 Å². The van der Waals surface area contributed by atoms with E-state index in [9.17, 15) is 20.1 Å². The summed E-state index contributed by atoms with van der Waals surface area (Å²) >= 11 is 0. The molecule has 1 aromatic heterocycles. The molecule has 0 atom stereocenters. The first-order chi connectivity index (χ1) is 15.4. The Kier molecular flexibility index (Phi) is 7.51. The van der Waals surface area contributed by atoms with E-state index in [1.807, 2.05) is 0 Å². The minimum atomic E-state index is -0.360. The van der Waals surface area contributed by atoms with Gasteiger partial charge in [-0.3, -0.25) is 4.79 Å². The fraction of sp³-hybridized carbons (Fsp3) is 0.400. The van der Waals surface area contributed by atoms with Crippen LogP contribution in [0.25, 0.3) is 22.3 Å². The molecule has 0 saturated heterocycles. The maximum absolute atomic E-state index is 13.5. The van der Waals surface area contributed by atoms with Gasteiger partial charge in [0.05, 0.1) is 14.2 Å². The highest BCUT2D eigenvalue weighted by Crippen LogP contribution is 2.43. The lowest BCUT2D eigenvalue weighted by molar-refractivity contribution is 0.334. The number of hydrogen-bond acceptors (Lipinski definition) is 7. The van der Waals surface area contributed by atoms with Crippen molar-refractivity contribution in [1.29, 1.82) is 0 Å². The van der Waals surface area contributed by atoms with Crippen LogP contribution in [0, 0.1) is 0 Å². The van der Waals surface area contributed by atoms with Gasteiger partial charge in [0.2, 0.25) is 5.75 Å². The molecule has 3 aromatic rings. The molecule has 0 aliphatic rings. The molecular weight excluding hydrogens is 412 g/mol. The molecule has 0 aliphatic carbocycles. The van der Waals surface area contributed by atoms with Crippen molar-refractivity contribution in [2.75, 3.05) is 14.2 Å². The predicted molar refractivity (Wildman–Crippen MR) is 123 cm³/mol. The van der Waals surface area contributed by atoms with Crippen molar-refractivity contribution in [2.24, 2.45) is 0 Å². The first-order valence-electron chi connectivity index (χ1n) is 10.9. The zero-order valence-corrected chi connectivity index (χ0v) is 18.7. The maximum atomic E-state index is 13.5. The fourth-order valence-corrected chi connectivity index (χ4v) is 3.89. The van der Waals surface area contributed by atoms with Gasteiger partial charge in [-0.1, -0.05) is 39.0 Å².